The Labute approximate surface area is 119 Å². The van der Waals surface area contributed by atoms with Crippen LogP contribution in [-0.4, -0.2) is 0 Å². The third kappa shape index (κ3) is 1.37. The minimum Gasteiger partial charge on any atom is -0.0833 e. The fraction of sp³-hybridized carbons (Fsp3) is 0.200. The molecule has 0 N–H and O–H groups in total. The summed E-state index contributed by atoms with van der Waals surface area (Å²) >= 11 is 0. The van der Waals surface area contributed by atoms with Gasteiger partial charge in [0.1, 0.15) is 0 Å². The zero-order chi connectivity index (χ0) is 13.1. The van der Waals surface area contributed by atoms with Crippen LogP contribution in [0.3, 0.4) is 0 Å². The molecule has 4 bridgehead atoms. The van der Waals surface area contributed by atoms with Crippen LogP contribution in [0.4, 0.5) is 0 Å². The van der Waals surface area contributed by atoms with Crippen LogP contribution in [0.2, 0.25) is 0 Å². The largest absolute Gasteiger partial charge is 0.0833 e. The minimum atomic E-state index is 0.495. The molecule has 0 saturated heterocycles. The topological polar surface area (TPSA) is 0 Å². The Balaban J connectivity index is 1.69. The van der Waals surface area contributed by atoms with Gasteiger partial charge in [0.15, 0.2) is 0 Å². The van der Waals surface area contributed by atoms with Crippen LogP contribution in [0.5, 0.6) is 0 Å². The Morgan fingerprint density at radius 3 is 2.10 bits per heavy atom. The summed E-state index contributed by atoms with van der Waals surface area (Å²) < 4.78 is 0. The van der Waals surface area contributed by atoms with E-state index in [0.29, 0.717) is 5.92 Å². The van der Waals surface area contributed by atoms with Crippen molar-refractivity contribution in [3.63, 3.8) is 0 Å². The fourth-order valence-electron chi connectivity index (χ4n) is 4.01. The average molecular weight is 256 g/mol. The summed E-state index contributed by atoms with van der Waals surface area (Å²) in [5.74, 6) is 2.73. The van der Waals surface area contributed by atoms with Crippen LogP contribution in [0.25, 0.3) is 11.1 Å². The van der Waals surface area contributed by atoms with Crippen molar-refractivity contribution in [2.75, 3.05) is 0 Å². The highest BCUT2D eigenvalue weighted by molar-refractivity contribution is 5.67. The van der Waals surface area contributed by atoms with Crippen LogP contribution in [0.1, 0.15) is 23.0 Å². The van der Waals surface area contributed by atoms with Crippen molar-refractivity contribution >= 4 is 0 Å². The van der Waals surface area contributed by atoms with E-state index in [0.717, 1.165) is 17.8 Å². The smallest absolute Gasteiger partial charge is 0.0201 e. The van der Waals surface area contributed by atoms with Crippen LogP contribution < -0.4 is 0 Å². The van der Waals surface area contributed by atoms with Crippen molar-refractivity contribution in [3.05, 3.63) is 84.0 Å². The molecule has 6 rings (SSSR count). The van der Waals surface area contributed by atoms with E-state index in [9.17, 15) is 0 Å². The lowest BCUT2D eigenvalue weighted by Crippen LogP contribution is -1.96. The molecule has 0 nitrogen and oxygen atoms in total. The van der Waals surface area contributed by atoms with E-state index < -0.39 is 0 Å². The number of hydrogen-bond donors (Lipinski definition) is 0. The second kappa shape index (κ2) is 3.73. The maximum atomic E-state index is 2.45. The van der Waals surface area contributed by atoms with Gasteiger partial charge in [0, 0.05) is 5.92 Å². The highest BCUT2D eigenvalue weighted by Gasteiger charge is 2.51. The van der Waals surface area contributed by atoms with Gasteiger partial charge in [-0.05, 0) is 40.0 Å². The Morgan fingerprint density at radius 1 is 0.600 bits per heavy atom. The lowest BCUT2D eigenvalue weighted by molar-refractivity contribution is 1.00. The van der Waals surface area contributed by atoms with E-state index in [1.165, 1.54) is 16.7 Å². The average Bonchev–Trinajstić information content (AvgIpc) is 3.26. The van der Waals surface area contributed by atoms with Gasteiger partial charge >= 0.3 is 0 Å². The second-order valence-corrected chi connectivity index (χ2v) is 6.19. The van der Waals surface area contributed by atoms with E-state index in [-0.39, 0.29) is 0 Å². The first kappa shape index (κ1) is 10.7. The highest BCUT2D eigenvalue weighted by Crippen LogP contribution is 2.61. The lowest BCUT2D eigenvalue weighted by Gasteiger charge is -2.14. The predicted molar refractivity (Wildman–Crippen MR) is 82.6 cm³/mol. The zero-order valence-corrected chi connectivity index (χ0v) is 11.2. The Hall–Kier alpha value is -2.08. The molecule has 0 heteroatoms. The molecule has 0 heterocycles. The molecule has 1 saturated carbocycles. The van der Waals surface area contributed by atoms with Crippen LogP contribution in [-0.2, 0) is 0 Å². The van der Waals surface area contributed by atoms with Crippen molar-refractivity contribution < 1.29 is 0 Å². The van der Waals surface area contributed by atoms with Gasteiger partial charge in [-0.25, -0.2) is 0 Å². The highest BCUT2D eigenvalue weighted by atomic mass is 14.5. The number of allylic oxidation sites excluding steroid dienone is 4. The Kier molecular flexibility index (Phi) is 1.99. The fourth-order valence-corrected chi connectivity index (χ4v) is 4.01. The maximum absolute atomic E-state index is 2.45. The first-order valence-corrected chi connectivity index (χ1v) is 7.48. The molecule has 2 unspecified atom stereocenters. The molecule has 0 spiro atoms. The number of benzene rings is 2. The summed E-state index contributed by atoms with van der Waals surface area (Å²) in [5.41, 5.74) is 5.78. The monoisotopic (exact) mass is 256 g/mol. The quantitative estimate of drug-likeness (QED) is 0.636. The maximum Gasteiger partial charge on any atom is 0.0201 e. The van der Waals surface area contributed by atoms with Gasteiger partial charge < -0.3 is 0 Å². The molecule has 4 aliphatic rings. The summed E-state index contributed by atoms with van der Waals surface area (Å²) in [6.07, 6.45) is 9.69. The van der Waals surface area contributed by atoms with E-state index in [2.05, 4.69) is 72.8 Å². The molecule has 2 aromatic rings. The van der Waals surface area contributed by atoms with Crippen molar-refractivity contribution in [2.45, 2.75) is 11.8 Å². The van der Waals surface area contributed by atoms with Gasteiger partial charge in [-0.2, -0.15) is 0 Å². The van der Waals surface area contributed by atoms with Crippen LogP contribution in [0, 0.1) is 11.8 Å². The van der Waals surface area contributed by atoms with Crippen molar-refractivity contribution in [2.24, 2.45) is 11.8 Å². The van der Waals surface area contributed by atoms with E-state index in [1.807, 2.05) is 0 Å². The normalized spacial score (nSPS) is 31.6. The molecule has 0 aromatic heterocycles. The summed E-state index contributed by atoms with van der Waals surface area (Å²) in [7, 11) is 0. The molecule has 2 atom stereocenters. The van der Waals surface area contributed by atoms with E-state index in [4.69, 9.17) is 0 Å². The molecular weight excluding hydrogens is 240 g/mol. The van der Waals surface area contributed by atoms with Gasteiger partial charge in [0.05, 0.1) is 0 Å². The Bertz CT molecular complexity index is 716. The summed E-state index contributed by atoms with van der Waals surface area (Å²) in [4.78, 5) is 0. The molecule has 2 aromatic carbocycles. The van der Waals surface area contributed by atoms with E-state index >= 15 is 0 Å². The van der Waals surface area contributed by atoms with Crippen molar-refractivity contribution in [3.8, 4) is 11.1 Å². The molecular formula is C20H16. The first-order chi connectivity index (χ1) is 9.92. The van der Waals surface area contributed by atoms with Gasteiger partial charge in [0.2, 0.25) is 0 Å². The second-order valence-electron chi connectivity index (χ2n) is 6.19. The lowest BCUT2D eigenvalue weighted by atomic mass is 9.91. The van der Waals surface area contributed by atoms with E-state index in [1.54, 1.807) is 5.56 Å². The van der Waals surface area contributed by atoms with Crippen molar-refractivity contribution in [1.82, 2.24) is 0 Å². The predicted octanol–water partition coefficient (Wildman–Crippen LogP) is 4.91. The standard InChI is InChI=1S/C20H16/c1-2-4-13(5-3-1)15-8-9-16-14-6-10-17-18(11-7-14)20(17)19(16)12-15/h1-12,14,17-18,20H. The molecule has 0 aliphatic heterocycles. The molecule has 96 valence electrons. The SMILES string of the molecule is C1=CC2C3C=CC1c1ccc(-c4ccccc4)cc1C23. The molecule has 1 fully saturated rings. The van der Waals surface area contributed by atoms with Gasteiger partial charge in [0.25, 0.3) is 0 Å². The zero-order valence-electron chi connectivity index (χ0n) is 11.2. The van der Waals surface area contributed by atoms with Crippen LogP contribution in [0.15, 0.2) is 72.8 Å². The van der Waals surface area contributed by atoms with Gasteiger partial charge in [-0.1, -0.05) is 72.8 Å². The molecule has 0 radical (unpaired) electrons. The van der Waals surface area contributed by atoms with Crippen molar-refractivity contribution in [1.29, 1.82) is 0 Å². The third-order valence-corrected chi connectivity index (χ3v) is 5.13. The summed E-state index contributed by atoms with van der Waals surface area (Å²) in [6.45, 7) is 0. The molecule has 4 aliphatic carbocycles. The molecule has 0 amide bonds. The Morgan fingerprint density at radius 2 is 1.35 bits per heavy atom. The number of rotatable bonds is 1. The minimum absolute atomic E-state index is 0.495. The first-order valence-electron chi connectivity index (χ1n) is 7.48. The molecule has 20 heavy (non-hydrogen) atoms. The third-order valence-electron chi connectivity index (χ3n) is 5.13. The summed E-state index contributed by atoms with van der Waals surface area (Å²) in [5, 5.41) is 0. The van der Waals surface area contributed by atoms with Crippen LogP contribution >= 0.6 is 0 Å². The number of hydrogen-bond acceptors (Lipinski definition) is 0. The van der Waals surface area contributed by atoms with Gasteiger partial charge in [-0.3, -0.25) is 0 Å². The summed E-state index contributed by atoms with van der Waals surface area (Å²) in [6, 6.07) is 17.8. The van der Waals surface area contributed by atoms with Gasteiger partial charge in [-0.15, -0.1) is 0 Å².